The molecule has 0 radical (unpaired) electrons. The molecule has 2 N–H and O–H groups in total. The van der Waals surface area contributed by atoms with E-state index >= 15 is 0 Å². The Kier molecular flexibility index (Phi) is 4.13. The number of rotatable bonds is 3. The van der Waals surface area contributed by atoms with Gasteiger partial charge in [-0.2, -0.15) is 0 Å². The first-order valence-electron chi connectivity index (χ1n) is 6.53. The molecule has 1 aliphatic rings. The number of carbonyl (C=O) groups is 1. The maximum Gasteiger partial charge on any atom is 0.339 e. The third kappa shape index (κ3) is 3.69. The summed E-state index contributed by atoms with van der Waals surface area (Å²) in [6, 6.07) is 1.91. The van der Waals surface area contributed by atoms with Crippen LogP contribution in [0.2, 0.25) is 0 Å². The molecule has 5 heteroatoms. The Hall–Kier alpha value is -1.10. The minimum Gasteiger partial charge on any atom is -0.478 e. The minimum absolute atomic E-state index is 0.221. The molecule has 0 bridgehead atoms. The summed E-state index contributed by atoms with van der Waals surface area (Å²) in [5, 5.41) is 12.5. The highest BCUT2D eigenvalue weighted by Gasteiger charge is 2.27. The Balaban J connectivity index is 2.10. The van der Waals surface area contributed by atoms with Crippen molar-refractivity contribution in [2.24, 2.45) is 5.41 Å². The summed E-state index contributed by atoms with van der Waals surface area (Å²) in [6.45, 7) is 4.56. The lowest BCUT2D eigenvalue weighted by Crippen LogP contribution is -2.30. The van der Waals surface area contributed by atoms with Crippen LogP contribution in [0.3, 0.4) is 0 Å². The smallest absolute Gasteiger partial charge is 0.339 e. The van der Waals surface area contributed by atoms with Crippen molar-refractivity contribution in [1.29, 1.82) is 0 Å². The third-order valence-corrected chi connectivity index (χ3v) is 4.20. The largest absolute Gasteiger partial charge is 0.478 e. The number of pyridine rings is 1. The topological polar surface area (TPSA) is 62.2 Å². The predicted octanol–water partition coefficient (Wildman–Crippen LogP) is 3.92. The van der Waals surface area contributed by atoms with Crippen molar-refractivity contribution in [3.05, 3.63) is 22.3 Å². The number of nitrogens with zero attached hydrogens (tertiary/aromatic N) is 1. The molecule has 1 aliphatic carbocycles. The van der Waals surface area contributed by atoms with E-state index in [2.05, 4.69) is 40.1 Å². The Bertz CT molecular complexity index is 478. The lowest BCUT2D eigenvalue weighted by molar-refractivity contribution is 0.0697. The highest BCUT2D eigenvalue weighted by atomic mass is 79.9. The van der Waals surface area contributed by atoms with E-state index < -0.39 is 5.97 Å². The summed E-state index contributed by atoms with van der Waals surface area (Å²) in [5.74, 6) is -0.479. The van der Waals surface area contributed by atoms with Crippen molar-refractivity contribution in [2.75, 3.05) is 5.32 Å². The summed E-state index contributed by atoms with van der Waals surface area (Å²) in [7, 11) is 0. The van der Waals surface area contributed by atoms with Crippen LogP contribution in [0.5, 0.6) is 0 Å². The van der Waals surface area contributed by atoms with Gasteiger partial charge in [0.1, 0.15) is 11.4 Å². The second kappa shape index (κ2) is 5.49. The van der Waals surface area contributed by atoms with Gasteiger partial charge in [-0.3, -0.25) is 0 Å². The Morgan fingerprint density at radius 3 is 2.68 bits per heavy atom. The average Bonchev–Trinajstić information content (AvgIpc) is 2.33. The molecule has 104 valence electrons. The lowest BCUT2D eigenvalue weighted by atomic mass is 9.75. The van der Waals surface area contributed by atoms with Gasteiger partial charge < -0.3 is 10.4 Å². The van der Waals surface area contributed by atoms with Gasteiger partial charge in [-0.1, -0.05) is 13.8 Å². The second-order valence-electron chi connectivity index (χ2n) is 5.94. The van der Waals surface area contributed by atoms with Gasteiger partial charge in [0.2, 0.25) is 0 Å². The Labute approximate surface area is 121 Å². The van der Waals surface area contributed by atoms with E-state index in [1.54, 1.807) is 12.3 Å². The van der Waals surface area contributed by atoms with Crippen molar-refractivity contribution in [1.82, 2.24) is 4.98 Å². The van der Waals surface area contributed by atoms with Crippen LogP contribution in [0, 0.1) is 5.41 Å². The van der Waals surface area contributed by atoms with Gasteiger partial charge in [-0.15, -0.1) is 0 Å². The molecule has 0 saturated heterocycles. The van der Waals surface area contributed by atoms with Gasteiger partial charge in [0.05, 0.1) is 0 Å². The zero-order valence-electron chi connectivity index (χ0n) is 11.2. The summed E-state index contributed by atoms with van der Waals surface area (Å²) in [6.07, 6.45) is 6.06. The second-order valence-corrected chi connectivity index (χ2v) is 6.85. The summed E-state index contributed by atoms with van der Waals surface area (Å²) in [4.78, 5) is 15.4. The molecule has 19 heavy (non-hydrogen) atoms. The number of hydrogen-bond acceptors (Lipinski definition) is 3. The van der Waals surface area contributed by atoms with Crippen LogP contribution in [0.25, 0.3) is 0 Å². The number of halogens is 1. The van der Waals surface area contributed by atoms with E-state index in [-0.39, 0.29) is 5.56 Å². The highest BCUT2D eigenvalue weighted by molar-refractivity contribution is 9.10. The molecule has 1 saturated carbocycles. The van der Waals surface area contributed by atoms with Crippen LogP contribution in [-0.2, 0) is 0 Å². The van der Waals surface area contributed by atoms with E-state index in [1.807, 2.05) is 0 Å². The molecule has 1 fully saturated rings. The summed E-state index contributed by atoms with van der Waals surface area (Å²) in [5.41, 5.74) is 0.625. The maximum absolute atomic E-state index is 11.2. The molecule has 0 aliphatic heterocycles. The summed E-state index contributed by atoms with van der Waals surface area (Å²) < 4.78 is 0.681. The molecule has 1 aromatic rings. The standard InChI is InChI=1S/C14H19BrN2O2/c1-14(2)5-3-10(4-6-14)17-12-11(13(18)19)7-9(15)8-16-12/h7-8,10H,3-6H2,1-2H3,(H,16,17)(H,18,19). The van der Waals surface area contributed by atoms with Crippen LogP contribution < -0.4 is 5.32 Å². The van der Waals surface area contributed by atoms with Crippen LogP contribution in [0.15, 0.2) is 16.7 Å². The average molecular weight is 327 g/mol. The molecule has 0 aromatic carbocycles. The van der Waals surface area contributed by atoms with Crippen LogP contribution >= 0.6 is 15.9 Å². The highest BCUT2D eigenvalue weighted by Crippen LogP contribution is 2.36. The first-order valence-corrected chi connectivity index (χ1v) is 7.32. The number of hydrogen-bond donors (Lipinski definition) is 2. The first kappa shape index (κ1) is 14.3. The number of aromatic nitrogens is 1. The monoisotopic (exact) mass is 326 g/mol. The van der Waals surface area contributed by atoms with Gasteiger partial charge in [-0.25, -0.2) is 9.78 Å². The minimum atomic E-state index is -0.951. The molecule has 0 amide bonds. The molecule has 1 heterocycles. The quantitative estimate of drug-likeness (QED) is 0.883. The number of nitrogens with one attached hydrogen (secondary N) is 1. The van der Waals surface area contributed by atoms with E-state index in [9.17, 15) is 9.90 Å². The maximum atomic E-state index is 11.2. The van der Waals surface area contributed by atoms with Crippen molar-refractivity contribution in [3.63, 3.8) is 0 Å². The summed E-state index contributed by atoms with van der Waals surface area (Å²) >= 11 is 3.25. The third-order valence-electron chi connectivity index (χ3n) is 3.76. The fourth-order valence-electron chi connectivity index (χ4n) is 2.45. The molecule has 4 nitrogen and oxygen atoms in total. The molecule has 0 atom stereocenters. The van der Waals surface area contributed by atoms with Gasteiger partial charge in [0.15, 0.2) is 0 Å². The molecular formula is C14H19BrN2O2. The SMILES string of the molecule is CC1(C)CCC(Nc2ncc(Br)cc2C(=O)O)CC1. The van der Waals surface area contributed by atoms with Crippen molar-refractivity contribution < 1.29 is 9.90 Å². The van der Waals surface area contributed by atoms with Gasteiger partial charge in [0.25, 0.3) is 0 Å². The van der Waals surface area contributed by atoms with Crippen LogP contribution in [0.4, 0.5) is 5.82 Å². The molecular weight excluding hydrogens is 308 g/mol. The Morgan fingerprint density at radius 1 is 1.47 bits per heavy atom. The van der Waals surface area contributed by atoms with Crippen LogP contribution in [-0.4, -0.2) is 22.1 Å². The zero-order chi connectivity index (χ0) is 14.0. The van der Waals surface area contributed by atoms with E-state index in [0.29, 0.717) is 21.7 Å². The molecule has 0 unspecified atom stereocenters. The van der Waals surface area contributed by atoms with Gasteiger partial charge >= 0.3 is 5.97 Å². The van der Waals surface area contributed by atoms with E-state index in [4.69, 9.17) is 0 Å². The van der Waals surface area contributed by atoms with Crippen LogP contribution in [0.1, 0.15) is 49.9 Å². The molecule has 0 spiro atoms. The van der Waals surface area contributed by atoms with E-state index in [1.165, 1.54) is 0 Å². The first-order chi connectivity index (χ1) is 8.87. The fourth-order valence-corrected chi connectivity index (χ4v) is 2.79. The lowest BCUT2D eigenvalue weighted by Gasteiger charge is -2.35. The Morgan fingerprint density at radius 2 is 2.11 bits per heavy atom. The van der Waals surface area contributed by atoms with Gasteiger partial charge in [0, 0.05) is 16.7 Å². The fraction of sp³-hybridized carbons (Fsp3) is 0.571. The van der Waals surface area contributed by atoms with Crippen molar-refractivity contribution in [2.45, 2.75) is 45.6 Å². The van der Waals surface area contributed by atoms with Gasteiger partial charge in [-0.05, 0) is 53.1 Å². The molecule has 2 rings (SSSR count). The number of carboxylic acid groups (broad SMARTS) is 1. The number of aromatic carboxylic acids is 1. The van der Waals surface area contributed by atoms with Crippen molar-refractivity contribution >= 4 is 27.7 Å². The number of carboxylic acids is 1. The van der Waals surface area contributed by atoms with E-state index in [0.717, 1.165) is 25.7 Å². The molecule has 1 aromatic heterocycles. The number of anilines is 1. The van der Waals surface area contributed by atoms with Crippen molar-refractivity contribution in [3.8, 4) is 0 Å². The predicted molar refractivity (Wildman–Crippen MR) is 78.6 cm³/mol. The normalized spacial score (nSPS) is 19.1. The zero-order valence-corrected chi connectivity index (χ0v) is 12.8.